The summed E-state index contributed by atoms with van der Waals surface area (Å²) in [6.07, 6.45) is 13.7. The summed E-state index contributed by atoms with van der Waals surface area (Å²) < 4.78 is 0. The van der Waals surface area contributed by atoms with Crippen LogP contribution in [0.3, 0.4) is 0 Å². The standard InChI is InChI=1S/C22H26N2O/c1-2-16-9-6-10-19-20(15-23-21(16)19)17-11-13-24(14-12-17)22(25)18-7-4-3-5-8-18/h3-4,6,9-11,15,18,23H,2,5,7-8,12-14H2,1H3/t18-/m1/s1. The van der Waals surface area contributed by atoms with Crippen LogP contribution in [-0.4, -0.2) is 28.9 Å². The van der Waals surface area contributed by atoms with Gasteiger partial charge in [0.2, 0.25) is 5.91 Å². The lowest BCUT2D eigenvalue weighted by atomic mass is 9.92. The van der Waals surface area contributed by atoms with E-state index in [-0.39, 0.29) is 5.92 Å². The Hall–Kier alpha value is -2.29. The molecule has 0 radical (unpaired) electrons. The van der Waals surface area contributed by atoms with E-state index < -0.39 is 0 Å². The summed E-state index contributed by atoms with van der Waals surface area (Å²) in [6, 6.07) is 6.54. The highest BCUT2D eigenvalue weighted by atomic mass is 16.2. The first kappa shape index (κ1) is 16.2. The van der Waals surface area contributed by atoms with Crippen molar-refractivity contribution in [2.45, 2.75) is 39.0 Å². The molecule has 2 heterocycles. The van der Waals surface area contributed by atoms with Crippen LogP contribution >= 0.6 is 0 Å². The average molecular weight is 334 g/mol. The van der Waals surface area contributed by atoms with Crippen LogP contribution in [0.15, 0.2) is 42.6 Å². The number of H-pyrrole nitrogens is 1. The number of para-hydroxylation sites is 1. The number of aryl methyl sites for hydroxylation is 1. The van der Waals surface area contributed by atoms with E-state index >= 15 is 0 Å². The van der Waals surface area contributed by atoms with Crippen LogP contribution < -0.4 is 0 Å². The molecule has 0 spiro atoms. The van der Waals surface area contributed by atoms with Gasteiger partial charge in [0.15, 0.2) is 0 Å². The van der Waals surface area contributed by atoms with Crippen molar-refractivity contribution in [3.63, 3.8) is 0 Å². The molecule has 0 saturated carbocycles. The molecule has 1 aromatic heterocycles. The van der Waals surface area contributed by atoms with Gasteiger partial charge in [0.25, 0.3) is 0 Å². The highest BCUT2D eigenvalue weighted by molar-refractivity contribution is 5.94. The van der Waals surface area contributed by atoms with Crippen LogP contribution in [0.1, 0.15) is 43.7 Å². The van der Waals surface area contributed by atoms with E-state index in [1.54, 1.807) is 0 Å². The monoisotopic (exact) mass is 334 g/mol. The molecule has 0 saturated heterocycles. The smallest absolute Gasteiger partial charge is 0.226 e. The summed E-state index contributed by atoms with van der Waals surface area (Å²) in [5.74, 6) is 0.534. The van der Waals surface area contributed by atoms with Crippen molar-refractivity contribution in [2.24, 2.45) is 5.92 Å². The molecule has 3 heteroatoms. The molecule has 1 atom stereocenters. The zero-order chi connectivity index (χ0) is 17.2. The van der Waals surface area contributed by atoms with Gasteiger partial charge in [-0.15, -0.1) is 0 Å². The zero-order valence-corrected chi connectivity index (χ0v) is 14.9. The van der Waals surface area contributed by atoms with Crippen LogP contribution in [-0.2, 0) is 11.2 Å². The second-order valence-corrected chi connectivity index (χ2v) is 7.14. The summed E-state index contributed by atoms with van der Waals surface area (Å²) in [5.41, 5.74) is 5.29. The molecule has 0 unspecified atom stereocenters. The number of allylic oxidation sites excluding steroid dienone is 2. The van der Waals surface area contributed by atoms with E-state index in [1.807, 2.05) is 4.90 Å². The van der Waals surface area contributed by atoms with Gasteiger partial charge in [0.05, 0.1) is 0 Å². The number of aromatic amines is 1. The minimum atomic E-state index is 0.195. The number of fused-ring (bicyclic) bond motifs is 1. The SMILES string of the molecule is CCc1cccc2c(C3=CCN(C(=O)[C@@H]4CC=CCC4)CC3)c[nH]c12. The van der Waals surface area contributed by atoms with E-state index in [0.29, 0.717) is 5.91 Å². The summed E-state index contributed by atoms with van der Waals surface area (Å²) in [5, 5.41) is 1.31. The molecule has 1 amide bonds. The number of nitrogens with zero attached hydrogens (tertiary/aromatic N) is 1. The molecule has 0 bridgehead atoms. The quantitative estimate of drug-likeness (QED) is 0.811. The summed E-state index contributed by atoms with van der Waals surface area (Å²) in [6.45, 7) is 3.78. The van der Waals surface area contributed by atoms with Gasteiger partial charge < -0.3 is 9.88 Å². The molecule has 1 N–H and O–H groups in total. The first-order valence-corrected chi connectivity index (χ1v) is 9.50. The lowest BCUT2D eigenvalue weighted by Crippen LogP contribution is -2.39. The van der Waals surface area contributed by atoms with Gasteiger partial charge in [-0.1, -0.05) is 43.4 Å². The molecule has 130 valence electrons. The lowest BCUT2D eigenvalue weighted by Gasteiger charge is -2.30. The van der Waals surface area contributed by atoms with Gasteiger partial charge in [0.1, 0.15) is 0 Å². The summed E-state index contributed by atoms with van der Waals surface area (Å²) in [7, 11) is 0. The van der Waals surface area contributed by atoms with E-state index in [1.165, 1.54) is 27.6 Å². The molecule has 1 aliphatic carbocycles. The number of carbonyl (C=O) groups excluding carboxylic acids is 1. The van der Waals surface area contributed by atoms with Crippen molar-refractivity contribution < 1.29 is 4.79 Å². The molecule has 1 aromatic carbocycles. The lowest BCUT2D eigenvalue weighted by molar-refractivity contribution is -0.135. The maximum atomic E-state index is 12.7. The maximum Gasteiger partial charge on any atom is 0.226 e. The third-order valence-electron chi connectivity index (χ3n) is 5.67. The third-order valence-corrected chi connectivity index (χ3v) is 5.67. The van der Waals surface area contributed by atoms with Crippen molar-refractivity contribution in [1.29, 1.82) is 0 Å². The largest absolute Gasteiger partial charge is 0.360 e. The molecule has 25 heavy (non-hydrogen) atoms. The van der Waals surface area contributed by atoms with Gasteiger partial charge in [0, 0.05) is 41.7 Å². The van der Waals surface area contributed by atoms with E-state index in [2.05, 4.69) is 54.5 Å². The Labute approximate surface area is 149 Å². The molecule has 2 aliphatic rings. The van der Waals surface area contributed by atoms with Crippen LogP contribution in [0.25, 0.3) is 16.5 Å². The van der Waals surface area contributed by atoms with Crippen LogP contribution in [0, 0.1) is 5.92 Å². The van der Waals surface area contributed by atoms with Gasteiger partial charge in [-0.25, -0.2) is 0 Å². The number of hydrogen-bond acceptors (Lipinski definition) is 1. The third kappa shape index (κ3) is 3.04. The number of aromatic nitrogens is 1. The summed E-state index contributed by atoms with van der Waals surface area (Å²) >= 11 is 0. The first-order valence-electron chi connectivity index (χ1n) is 9.50. The fraction of sp³-hybridized carbons (Fsp3) is 0.409. The van der Waals surface area contributed by atoms with Gasteiger partial charge >= 0.3 is 0 Å². The highest BCUT2D eigenvalue weighted by Gasteiger charge is 2.26. The van der Waals surface area contributed by atoms with Crippen molar-refractivity contribution >= 4 is 22.4 Å². The molecule has 4 rings (SSSR count). The van der Waals surface area contributed by atoms with Gasteiger partial charge in [-0.3, -0.25) is 4.79 Å². The number of rotatable bonds is 3. The Morgan fingerprint density at radius 1 is 1.32 bits per heavy atom. The van der Waals surface area contributed by atoms with E-state index in [0.717, 1.165) is 45.2 Å². The highest BCUT2D eigenvalue weighted by Crippen LogP contribution is 2.31. The van der Waals surface area contributed by atoms with Crippen LogP contribution in [0.2, 0.25) is 0 Å². The Kier molecular flexibility index (Phi) is 4.48. The molecule has 3 nitrogen and oxygen atoms in total. The number of amides is 1. The molecular formula is C22H26N2O. The fourth-order valence-electron chi connectivity index (χ4n) is 4.17. The molecule has 1 aliphatic heterocycles. The van der Waals surface area contributed by atoms with Gasteiger partial charge in [-0.05, 0) is 43.2 Å². The second kappa shape index (κ2) is 6.91. The minimum absolute atomic E-state index is 0.195. The van der Waals surface area contributed by atoms with Crippen molar-refractivity contribution in [2.75, 3.05) is 13.1 Å². The normalized spacial score (nSPS) is 20.8. The number of nitrogens with one attached hydrogen (secondary N) is 1. The van der Waals surface area contributed by atoms with E-state index in [4.69, 9.17) is 0 Å². The van der Waals surface area contributed by atoms with E-state index in [9.17, 15) is 4.79 Å². The minimum Gasteiger partial charge on any atom is -0.360 e. The Balaban J connectivity index is 1.53. The Morgan fingerprint density at radius 2 is 2.24 bits per heavy atom. The van der Waals surface area contributed by atoms with Crippen molar-refractivity contribution in [1.82, 2.24) is 9.88 Å². The number of hydrogen-bond donors (Lipinski definition) is 1. The zero-order valence-electron chi connectivity index (χ0n) is 14.9. The average Bonchev–Trinajstić information content (AvgIpc) is 3.12. The fourth-order valence-corrected chi connectivity index (χ4v) is 4.17. The molecule has 0 fully saturated rings. The molecular weight excluding hydrogens is 308 g/mol. The Morgan fingerprint density at radius 3 is 2.96 bits per heavy atom. The maximum absolute atomic E-state index is 12.7. The van der Waals surface area contributed by atoms with Gasteiger partial charge in [-0.2, -0.15) is 0 Å². The first-order chi connectivity index (χ1) is 12.3. The molecule has 2 aromatic rings. The topological polar surface area (TPSA) is 36.1 Å². The van der Waals surface area contributed by atoms with Crippen molar-refractivity contribution in [3.8, 4) is 0 Å². The second-order valence-electron chi connectivity index (χ2n) is 7.14. The predicted octanol–water partition coefficient (Wildman–Crippen LogP) is 4.70. The van der Waals surface area contributed by atoms with Crippen molar-refractivity contribution in [3.05, 3.63) is 53.8 Å². The Bertz CT molecular complexity index is 843. The predicted molar refractivity (Wildman–Crippen MR) is 103 cm³/mol. The van der Waals surface area contributed by atoms with Crippen LogP contribution in [0.4, 0.5) is 0 Å². The number of carbonyl (C=O) groups is 1. The van der Waals surface area contributed by atoms with Crippen LogP contribution in [0.5, 0.6) is 0 Å². The number of benzene rings is 1. The summed E-state index contributed by atoms with van der Waals surface area (Å²) in [4.78, 5) is 18.2.